The number of likely N-dealkylation sites (N-methyl/N-ethyl adjacent to an activating group) is 2. The maximum Gasteiger partial charge on any atom is 0.255 e. The number of carbonyl (C=O) groups excluding carboxylic acids is 4. The number of nitrogens with zero attached hydrogens (tertiary/aromatic N) is 2. The highest BCUT2D eigenvalue weighted by Gasteiger charge is 2.64. The third-order valence-electron chi connectivity index (χ3n) is 8.18. The minimum Gasteiger partial charge on any atom is -0.508 e. The summed E-state index contributed by atoms with van der Waals surface area (Å²) in [5.41, 5.74) is 2.06. The molecule has 0 unspecified atom stereocenters. The Bertz CT molecular complexity index is 1330. The highest BCUT2D eigenvalue weighted by Crippen LogP contribution is 2.52. The van der Waals surface area contributed by atoms with Gasteiger partial charge in [-0.1, -0.05) is 0 Å². The van der Waals surface area contributed by atoms with Crippen LogP contribution in [0.4, 0.5) is 0 Å². The number of phenols is 1. The number of nitrogens with two attached hydrogens (primary N) is 1. The number of benzene rings is 1. The molecule has 3 aliphatic rings. The van der Waals surface area contributed by atoms with Crippen LogP contribution in [0.25, 0.3) is 5.76 Å². The SMILES string of the molecule is CC(C)N(C)CC(=O)c1ccc(O)c2c1C[C@H]1C[C@H]3[C@H](N(C)C)C(=O)C(C(N)=O)=C(O)[C@@]3(O)C(=O)C1=C2O. The zero-order valence-electron chi connectivity index (χ0n) is 22.0. The molecule has 0 heterocycles. The first-order valence-corrected chi connectivity index (χ1v) is 12.4. The fraction of sp³-hybridized carbons (Fsp3) is 0.481. The molecular weight excluding hydrogens is 494 g/mol. The first kappa shape index (κ1) is 27.5. The van der Waals surface area contributed by atoms with E-state index in [9.17, 15) is 39.6 Å². The maximum absolute atomic E-state index is 13.8. The van der Waals surface area contributed by atoms with Crippen molar-refractivity contribution in [1.82, 2.24) is 9.80 Å². The van der Waals surface area contributed by atoms with E-state index in [1.165, 1.54) is 31.1 Å². The standard InChI is InChI=1S/C27H33N3O8/c1-11(2)30(5)10-17(32)13-6-7-16(31)19-14(13)8-12-9-15-21(29(3)4)23(34)20(26(28)37)25(36)27(15,38)24(35)18(12)22(19)33/h6-7,11-12,15,21,31,33,36,38H,8-10H2,1-5H3,(H2,28,37)/t12-,15-,21-,27-/m0/s1. The number of hydrogen-bond acceptors (Lipinski definition) is 10. The van der Waals surface area contributed by atoms with E-state index in [0.29, 0.717) is 5.56 Å². The summed E-state index contributed by atoms with van der Waals surface area (Å²) in [7, 11) is 4.87. The Kier molecular flexibility index (Phi) is 6.75. The molecule has 1 aromatic rings. The Morgan fingerprint density at radius 3 is 2.32 bits per heavy atom. The van der Waals surface area contributed by atoms with Crippen LogP contribution in [-0.4, -0.2) is 98.9 Å². The second-order valence-corrected chi connectivity index (χ2v) is 10.9. The lowest BCUT2D eigenvalue weighted by Gasteiger charge is -2.50. The lowest BCUT2D eigenvalue weighted by molar-refractivity contribution is -0.153. The van der Waals surface area contributed by atoms with Crippen LogP contribution in [0.1, 0.15) is 41.8 Å². The number of hydrogen-bond donors (Lipinski definition) is 5. The summed E-state index contributed by atoms with van der Waals surface area (Å²) in [4.78, 5) is 55.6. The zero-order valence-corrected chi connectivity index (χ0v) is 22.0. The molecule has 38 heavy (non-hydrogen) atoms. The van der Waals surface area contributed by atoms with Crippen LogP contribution in [0.2, 0.25) is 0 Å². The van der Waals surface area contributed by atoms with Gasteiger partial charge in [-0.15, -0.1) is 0 Å². The van der Waals surface area contributed by atoms with Crippen molar-refractivity contribution in [2.75, 3.05) is 27.7 Å². The molecule has 6 N–H and O–H groups in total. The van der Waals surface area contributed by atoms with Crippen LogP contribution in [0, 0.1) is 11.8 Å². The Hall–Kier alpha value is -3.54. The molecule has 4 atom stereocenters. The molecule has 1 fully saturated rings. The molecule has 0 aromatic heterocycles. The lowest BCUT2D eigenvalue weighted by Crippen LogP contribution is -2.65. The predicted molar refractivity (Wildman–Crippen MR) is 136 cm³/mol. The summed E-state index contributed by atoms with van der Waals surface area (Å²) < 4.78 is 0. The number of primary amides is 1. The molecule has 0 saturated heterocycles. The molecule has 1 aromatic carbocycles. The number of aliphatic hydroxyl groups is 3. The van der Waals surface area contributed by atoms with Gasteiger partial charge in [0.25, 0.3) is 5.91 Å². The van der Waals surface area contributed by atoms with E-state index >= 15 is 0 Å². The van der Waals surface area contributed by atoms with Crippen LogP contribution < -0.4 is 5.73 Å². The van der Waals surface area contributed by atoms with E-state index in [-0.39, 0.29) is 53.7 Å². The van der Waals surface area contributed by atoms with Crippen molar-refractivity contribution >= 4 is 29.0 Å². The monoisotopic (exact) mass is 527 g/mol. The Morgan fingerprint density at radius 2 is 1.76 bits per heavy atom. The zero-order chi connectivity index (χ0) is 28.4. The summed E-state index contributed by atoms with van der Waals surface area (Å²) in [6.07, 6.45) is 0.0242. The van der Waals surface area contributed by atoms with Crippen molar-refractivity contribution < 1.29 is 39.6 Å². The number of carbonyl (C=O) groups is 4. The number of aliphatic hydroxyl groups excluding tert-OH is 2. The molecule has 1 amide bonds. The fourth-order valence-corrected chi connectivity index (χ4v) is 6.00. The van der Waals surface area contributed by atoms with Gasteiger partial charge in [0.2, 0.25) is 5.78 Å². The average molecular weight is 528 g/mol. The van der Waals surface area contributed by atoms with E-state index in [1.54, 1.807) is 7.05 Å². The lowest BCUT2D eigenvalue weighted by atomic mass is 9.57. The minimum absolute atomic E-state index is 0.0407. The second-order valence-electron chi connectivity index (χ2n) is 10.9. The summed E-state index contributed by atoms with van der Waals surface area (Å²) in [5, 5.41) is 44.4. The first-order chi connectivity index (χ1) is 17.6. The van der Waals surface area contributed by atoms with Crippen molar-refractivity contribution in [3.05, 3.63) is 45.7 Å². The van der Waals surface area contributed by atoms with E-state index in [0.717, 1.165) is 0 Å². The van der Waals surface area contributed by atoms with Gasteiger partial charge < -0.3 is 26.2 Å². The minimum atomic E-state index is -2.70. The third kappa shape index (κ3) is 3.84. The first-order valence-electron chi connectivity index (χ1n) is 12.4. The van der Waals surface area contributed by atoms with Gasteiger partial charge in [0.05, 0.1) is 18.2 Å². The normalized spacial score (nSPS) is 27.1. The highest BCUT2D eigenvalue weighted by atomic mass is 16.3. The molecule has 0 aliphatic heterocycles. The molecule has 11 nitrogen and oxygen atoms in total. The quantitative estimate of drug-likeness (QED) is 0.258. The van der Waals surface area contributed by atoms with Crippen molar-refractivity contribution in [2.45, 2.75) is 44.4 Å². The molecular formula is C27H33N3O8. The smallest absolute Gasteiger partial charge is 0.255 e. The van der Waals surface area contributed by atoms with Crippen LogP contribution in [0.5, 0.6) is 5.75 Å². The summed E-state index contributed by atoms with van der Waals surface area (Å²) in [6.45, 7) is 3.97. The van der Waals surface area contributed by atoms with Crippen LogP contribution in [-0.2, 0) is 20.8 Å². The van der Waals surface area contributed by atoms with Gasteiger partial charge in [-0.3, -0.25) is 29.0 Å². The topological polar surface area (TPSA) is 182 Å². The molecule has 0 bridgehead atoms. The molecule has 1 saturated carbocycles. The van der Waals surface area contributed by atoms with Gasteiger partial charge in [0.15, 0.2) is 17.2 Å². The number of amides is 1. The number of fused-ring (bicyclic) bond motifs is 3. The number of Topliss-reactive ketones (excluding diaryl/α,β-unsaturated/α-hetero) is 3. The number of aromatic hydroxyl groups is 1. The molecule has 0 spiro atoms. The summed E-state index contributed by atoms with van der Waals surface area (Å²) in [6, 6.07) is 1.66. The predicted octanol–water partition coefficient (Wildman–Crippen LogP) is 0.487. The molecule has 4 rings (SSSR count). The average Bonchev–Trinajstić information content (AvgIpc) is 2.80. The Balaban J connectivity index is 1.91. The van der Waals surface area contributed by atoms with Crippen LogP contribution in [0.15, 0.2) is 29.0 Å². The summed E-state index contributed by atoms with van der Waals surface area (Å²) in [5.74, 6) is -7.47. The van der Waals surface area contributed by atoms with Gasteiger partial charge in [0.1, 0.15) is 22.8 Å². The Labute approximate surface area is 219 Å². The largest absolute Gasteiger partial charge is 0.508 e. The number of ketones is 3. The van der Waals surface area contributed by atoms with E-state index in [1.807, 2.05) is 18.7 Å². The summed E-state index contributed by atoms with van der Waals surface area (Å²) >= 11 is 0. The molecule has 0 radical (unpaired) electrons. The number of phenolic OH excluding ortho intramolecular Hbond substituents is 1. The van der Waals surface area contributed by atoms with Gasteiger partial charge in [0, 0.05) is 23.1 Å². The Morgan fingerprint density at radius 1 is 1.13 bits per heavy atom. The van der Waals surface area contributed by atoms with E-state index < -0.39 is 58.0 Å². The highest BCUT2D eigenvalue weighted by molar-refractivity contribution is 6.24. The van der Waals surface area contributed by atoms with Crippen LogP contribution in [0.3, 0.4) is 0 Å². The van der Waals surface area contributed by atoms with Gasteiger partial charge >= 0.3 is 0 Å². The molecule has 11 heteroatoms. The van der Waals surface area contributed by atoms with Gasteiger partial charge in [-0.05, 0) is 71.4 Å². The van der Waals surface area contributed by atoms with Crippen LogP contribution >= 0.6 is 0 Å². The van der Waals surface area contributed by atoms with Crippen molar-refractivity contribution in [3.63, 3.8) is 0 Å². The fourth-order valence-electron chi connectivity index (χ4n) is 6.00. The third-order valence-corrected chi connectivity index (χ3v) is 8.18. The maximum atomic E-state index is 13.8. The molecule has 3 aliphatic carbocycles. The van der Waals surface area contributed by atoms with E-state index in [2.05, 4.69) is 0 Å². The number of rotatable bonds is 6. The van der Waals surface area contributed by atoms with Crippen molar-refractivity contribution in [2.24, 2.45) is 17.6 Å². The molecule has 204 valence electrons. The van der Waals surface area contributed by atoms with Crippen molar-refractivity contribution in [3.8, 4) is 5.75 Å². The van der Waals surface area contributed by atoms with Crippen molar-refractivity contribution in [1.29, 1.82) is 0 Å². The van der Waals surface area contributed by atoms with E-state index in [4.69, 9.17) is 5.73 Å². The second kappa shape index (κ2) is 9.33. The van der Waals surface area contributed by atoms with Gasteiger partial charge in [-0.2, -0.15) is 0 Å². The van der Waals surface area contributed by atoms with Gasteiger partial charge in [-0.25, -0.2) is 0 Å².